The van der Waals surface area contributed by atoms with Crippen molar-refractivity contribution in [2.45, 2.75) is 19.9 Å². The van der Waals surface area contributed by atoms with E-state index in [1.54, 1.807) is 12.1 Å². The Morgan fingerprint density at radius 2 is 2.00 bits per heavy atom. The minimum absolute atomic E-state index is 0.138. The molecule has 0 heterocycles. The van der Waals surface area contributed by atoms with Crippen LogP contribution in [0.3, 0.4) is 0 Å². The van der Waals surface area contributed by atoms with Crippen LogP contribution >= 0.6 is 27.5 Å². The fraction of sp³-hybridized carbons (Fsp3) is 0.400. The maximum absolute atomic E-state index is 9.79. The largest absolute Gasteiger partial charge is 0.506 e. The average molecular weight is 279 g/mol. The molecule has 1 aromatic rings. The van der Waals surface area contributed by atoms with Crippen molar-refractivity contribution < 1.29 is 5.11 Å². The number of aromatic hydroxyl groups is 1. The molecule has 0 bridgehead atoms. The number of rotatable bonds is 2. The Balaban J connectivity index is 3.17. The Labute approximate surface area is 97.2 Å². The monoisotopic (exact) mass is 277 g/mol. The van der Waals surface area contributed by atoms with Crippen LogP contribution in [0.25, 0.3) is 0 Å². The van der Waals surface area contributed by atoms with Crippen molar-refractivity contribution in [2.24, 2.45) is 11.7 Å². The third-order valence-electron chi connectivity index (χ3n) is 2.18. The van der Waals surface area contributed by atoms with E-state index in [2.05, 4.69) is 15.9 Å². The summed E-state index contributed by atoms with van der Waals surface area (Å²) in [7, 11) is 0. The highest BCUT2D eigenvalue weighted by Gasteiger charge is 2.17. The summed E-state index contributed by atoms with van der Waals surface area (Å²) in [6, 6.07) is 3.30. The van der Waals surface area contributed by atoms with Crippen LogP contribution in [0.15, 0.2) is 16.6 Å². The predicted octanol–water partition coefficient (Wildman–Crippen LogP) is 3.46. The number of phenols is 1. The molecule has 0 unspecified atom stereocenters. The molecule has 0 spiro atoms. The van der Waals surface area contributed by atoms with Crippen molar-refractivity contribution in [3.05, 3.63) is 27.2 Å². The Morgan fingerprint density at radius 1 is 1.43 bits per heavy atom. The molecule has 0 saturated carbocycles. The summed E-state index contributed by atoms with van der Waals surface area (Å²) in [5.41, 5.74) is 6.65. The topological polar surface area (TPSA) is 46.2 Å². The smallest absolute Gasteiger partial charge is 0.136 e. The van der Waals surface area contributed by atoms with Crippen LogP contribution in [0.5, 0.6) is 5.75 Å². The van der Waals surface area contributed by atoms with Gasteiger partial charge in [0.15, 0.2) is 0 Å². The summed E-state index contributed by atoms with van der Waals surface area (Å²) in [5.74, 6) is 0.410. The second kappa shape index (κ2) is 4.51. The van der Waals surface area contributed by atoms with Gasteiger partial charge in [-0.05, 0) is 27.9 Å². The quantitative estimate of drug-likeness (QED) is 0.870. The molecule has 1 atom stereocenters. The van der Waals surface area contributed by atoms with Gasteiger partial charge in [0.1, 0.15) is 5.75 Å². The third kappa shape index (κ3) is 2.22. The Bertz CT molecular complexity index is 341. The normalized spacial score (nSPS) is 13.3. The van der Waals surface area contributed by atoms with Crippen LogP contribution in [0.4, 0.5) is 0 Å². The van der Waals surface area contributed by atoms with Gasteiger partial charge >= 0.3 is 0 Å². The van der Waals surface area contributed by atoms with E-state index >= 15 is 0 Å². The van der Waals surface area contributed by atoms with Gasteiger partial charge in [0.2, 0.25) is 0 Å². The zero-order valence-electron chi connectivity index (χ0n) is 8.09. The van der Waals surface area contributed by atoms with Gasteiger partial charge in [-0.2, -0.15) is 0 Å². The molecule has 0 radical (unpaired) electrons. The first-order valence-electron chi connectivity index (χ1n) is 4.37. The lowest BCUT2D eigenvalue weighted by atomic mass is 9.96. The molecule has 0 aliphatic carbocycles. The second-order valence-electron chi connectivity index (χ2n) is 3.57. The molecule has 0 aromatic heterocycles. The zero-order valence-corrected chi connectivity index (χ0v) is 10.4. The van der Waals surface area contributed by atoms with Crippen molar-refractivity contribution in [2.75, 3.05) is 0 Å². The van der Waals surface area contributed by atoms with Crippen molar-refractivity contribution >= 4 is 27.5 Å². The lowest BCUT2D eigenvalue weighted by Crippen LogP contribution is -2.16. The fourth-order valence-corrected chi connectivity index (χ4v) is 1.70. The third-order valence-corrected chi connectivity index (χ3v) is 3.52. The molecule has 3 N–H and O–H groups in total. The van der Waals surface area contributed by atoms with E-state index in [9.17, 15) is 5.11 Å². The summed E-state index contributed by atoms with van der Waals surface area (Å²) >= 11 is 9.03. The van der Waals surface area contributed by atoms with Crippen LogP contribution in [0, 0.1) is 5.92 Å². The van der Waals surface area contributed by atoms with Gasteiger partial charge in [-0.3, -0.25) is 0 Å². The Morgan fingerprint density at radius 3 is 2.50 bits per heavy atom. The SMILES string of the molecule is CC(C)[C@@H](N)c1ccc(Cl)c(Br)c1O. The molecule has 0 amide bonds. The van der Waals surface area contributed by atoms with E-state index in [1.807, 2.05) is 13.8 Å². The average Bonchev–Trinajstić information content (AvgIpc) is 2.13. The molecule has 2 nitrogen and oxygen atoms in total. The predicted molar refractivity (Wildman–Crippen MR) is 62.6 cm³/mol. The molecular weight excluding hydrogens is 265 g/mol. The Hall–Kier alpha value is -0.250. The number of hydrogen-bond acceptors (Lipinski definition) is 2. The number of phenolic OH excluding ortho intramolecular Hbond substituents is 1. The van der Waals surface area contributed by atoms with Crippen molar-refractivity contribution in [3.8, 4) is 5.75 Å². The fourth-order valence-electron chi connectivity index (χ4n) is 1.18. The van der Waals surface area contributed by atoms with E-state index < -0.39 is 0 Å². The van der Waals surface area contributed by atoms with Gasteiger partial charge in [-0.1, -0.05) is 31.5 Å². The first-order chi connectivity index (χ1) is 6.45. The number of halogens is 2. The maximum Gasteiger partial charge on any atom is 0.136 e. The second-order valence-corrected chi connectivity index (χ2v) is 4.77. The van der Waals surface area contributed by atoms with Gasteiger partial charge in [0, 0.05) is 11.6 Å². The molecule has 0 fully saturated rings. The lowest BCUT2D eigenvalue weighted by molar-refractivity contribution is 0.437. The molecule has 4 heteroatoms. The summed E-state index contributed by atoms with van der Waals surface area (Å²) in [6.07, 6.45) is 0. The van der Waals surface area contributed by atoms with Gasteiger partial charge in [-0.25, -0.2) is 0 Å². The minimum Gasteiger partial charge on any atom is -0.506 e. The Kier molecular flexibility index (Phi) is 3.81. The summed E-state index contributed by atoms with van der Waals surface area (Å²) in [6.45, 7) is 4.01. The summed E-state index contributed by atoms with van der Waals surface area (Å²) in [4.78, 5) is 0. The van der Waals surface area contributed by atoms with E-state index in [4.69, 9.17) is 17.3 Å². The molecule has 78 valence electrons. The van der Waals surface area contributed by atoms with E-state index in [0.717, 1.165) is 5.56 Å². The molecule has 1 rings (SSSR count). The number of hydrogen-bond donors (Lipinski definition) is 2. The van der Waals surface area contributed by atoms with Crippen LogP contribution in [0.1, 0.15) is 25.5 Å². The highest BCUT2D eigenvalue weighted by Crippen LogP contribution is 2.38. The minimum atomic E-state index is -0.177. The number of nitrogens with two attached hydrogens (primary N) is 1. The van der Waals surface area contributed by atoms with E-state index in [0.29, 0.717) is 9.50 Å². The van der Waals surface area contributed by atoms with Crippen molar-refractivity contribution in [3.63, 3.8) is 0 Å². The highest BCUT2D eigenvalue weighted by molar-refractivity contribution is 9.10. The van der Waals surface area contributed by atoms with Crippen LogP contribution in [-0.2, 0) is 0 Å². The van der Waals surface area contributed by atoms with Crippen molar-refractivity contribution in [1.82, 2.24) is 0 Å². The van der Waals surface area contributed by atoms with E-state index in [-0.39, 0.29) is 17.7 Å². The van der Waals surface area contributed by atoms with E-state index in [1.165, 1.54) is 0 Å². The number of benzene rings is 1. The summed E-state index contributed by atoms with van der Waals surface area (Å²) < 4.78 is 0.507. The molecule has 0 saturated heterocycles. The molecule has 14 heavy (non-hydrogen) atoms. The highest BCUT2D eigenvalue weighted by atomic mass is 79.9. The zero-order chi connectivity index (χ0) is 10.9. The van der Waals surface area contributed by atoms with Crippen molar-refractivity contribution in [1.29, 1.82) is 0 Å². The molecule has 0 aliphatic rings. The molecule has 1 aromatic carbocycles. The summed E-state index contributed by atoms with van der Waals surface area (Å²) in [5, 5.41) is 10.3. The molecule has 0 aliphatic heterocycles. The van der Waals surface area contributed by atoms with Gasteiger partial charge in [-0.15, -0.1) is 0 Å². The van der Waals surface area contributed by atoms with Gasteiger partial charge in [0.05, 0.1) is 9.50 Å². The first-order valence-corrected chi connectivity index (χ1v) is 5.54. The lowest BCUT2D eigenvalue weighted by Gasteiger charge is -2.18. The van der Waals surface area contributed by atoms with Gasteiger partial charge in [0.25, 0.3) is 0 Å². The standard InChI is InChI=1S/C10H13BrClNO/c1-5(2)9(13)6-3-4-7(12)8(11)10(6)14/h3-5,9,14H,13H2,1-2H3/t9-/m1/s1. The van der Waals surface area contributed by atoms with Crippen LogP contribution in [0.2, 0.25) is 5.02 Å². The molecular formula is C10H13BrClNO. The maximum atomic E-state index is 9.79. The van der Waals surface area contributed by atoms with Crippen LogP contribution in [-0.4, -0.2) is 5.11 Å². The van der Waals surface area contributed by atoms with Gasteiger partial charge < -0.3 is 10.8 Å². The van der Waals surface area contributed by atoms with Crippen LogP contribution < -0.4 is 5.73 Å². The first kappa shape index (κ1) is 11.8.